The summed E-state index contributed by atoms with van der Waals surface area (Å²) in [4.78, 5) is 18.1. The van der Waals surface area contributed by atoms with Crippen molar-refractivity contribution < 1.29 is 23.7 Å². The van der Waals surface area contributed by atoms with Gasteiger partial charge < -0.3 is 14.3 Å². The lowest BCUT2D eigenvalue weighted by atomic mass is 9.80. The molecular formula is C21H41N4O5P. The van der Waals surface area contributed by atoms with E-state index in [9.17, 15) is 9.36 Å². The second-order valence-electron chi connectivity index (χ2n) is 11.5. The fraction of sp³-hybridized carbons (Fsp3) is 0.952. The zero-order chi connectivity index (χ0) is 23.5. The van der Waals surface area contributed by atoms with Crippen LogP contribution in [0.2, 0.25) is 0 Å². The number of carbonyl (C=O) groups is 1. The molecule has 1 N–H and O–H groups in total. The summed E-state index contributed by atoms with van der Waals surface area (Å²) in [6.07, 6.45) is 1.03. The van der Waals surface area contributed by atoms with Crippen molar-refractivity contribution in [3.05, 3.63) is 0 Å². The Hall–Kier alpha value is -0.700. The first-order chi connectivity index (χ1) is 14.1. The minimum atomic E-state index is -3.18. The molecule has 0 aromatic carbocycles. The number of ether oxygens (including phenoxy) is 2. The molecule has 3 fully saturated rings. The van der Waals surface area contributed by atoms with Crippen LogP contribution in [0.5, 0.6) is 0 Å². The summed E-state index contributed by atoms with van der Waals surface area (Å²) in [5.74, 6) is 0. The molecule has 0 aromatic rings. The number of rotatable bonds is 8. The number of piperidine rings is 1. The fourth-order valence-corrected chi connectivity index (χ4v) is 8.47. The first kappa shape index (κ1) is 24.9. The van der Waals surface area contributed by atoms with Crippen molar-refractivity contribution in [3.63, 3.8) is 0 Å². The van der Waals surface area contributed by atoms with E-state index < -0.39 is 13.7 Å². The van der Waals surface area contributed by atoms with Gasteiger partial charge in [-0.3, -0.25) is 4.57 Å². The lowest BCUT2D eigenvalue weighted by Crippen LogP contribution is -2.61. The smallest absolute Gasteiger partial charge is 0.414 e. The molecule has 0 aliphatic carbocycles. The van der Waals surface area contributed by atoms with E-state index in [0.717, 1.165) is 12.8 Å². The Labute approximate surface area is 187 Å². The molecule has 0 saturated carbocycles. The van der Waals surface area contributed by atoms with Crippen LogP contribution in [0.15, 0.2) is 0 Å². The number of hydrogen-bond donors (Lipinski definition) is 1. The van der Waals surface area contributed by atoms with Crippen LogP contribution in [0.4, 0.5) is 4.79 Å². The van der Waals surface area contributed by atoms with E-state index >= 15 is 0 Å². The molecule has 0 aromatic heterocycles. The molecule has 0 spiro atoms. The van der Waals surface area contributed by atoms with Gasteiger partial charge in [-0.25, -0.2) is 19.2 Å². The molecule has 3 aliphatic heterocycles. The first-order valence-corrected chi connectivity index (χ1v) is 12.7. The van der Waals surface area contributed by atoms with Crippen molar-refractivity contribution >= 4 is 13.7 Å². The summed E-state index contributed by atoms with van der Waals surface area (Å²) >= 11 is 0. The Bertz CT molecular complexity index is 710. The highest BCUT2D eigenvalue weighted by Gasteiger charge is 2.65. The minimum absolute atomic E-state index is 0.0471. The van der Waals surface area contributed by atoms with E-state index in [1.165, 1.54) is 0 Å². The monoisotopic (exact) mass is 460 g/mol. The molecule has 2 unspecified atom stereocenters. The SMILES string of the molecule is CON1C(C)(C)CC(OCCOC(=O)NP(=O)(N2CC2(C)C)N2CC2(C)C)CC1(C)C. The van der Waals surface area contributed by atoms with Crippen LogP contribution < -0.4 is 5.09 Å². The van der Waals surface area contributed by atoms with E-state index in [2.05, 4.69) is 32.8 Å². The second-order valence-corrected chi connectivity index (χ2v) is 13.8. The maximum Gasteiger partial charge on any atom is 0.414 e. The van der Waals surface area contributed by atoms with Gasteiger partial charge >= 0.3 is 13.7 Å². The third-order valence-corrected chi connectivity index (χ3v) is 9.71. The zero-order valence-corrected chi connectivity index (χ0v) is 21.5. The highest BCUT2D eigenvalue weighted by molar-refractivity contribution is 7.58. The molecule has 10 heteroatoms. The molecule has 1 amide bonds. The predicted molar refractivity (Wildman–Crippen MR) is 120 cm³/mol. The van der Waals surface area contributed by atoms with Crippen LogP contribution in [0.25, 0.3) is 0 Å². The summed E-state index contributed by atoms with van der Waals surface area (Å²) in [5, 5.41) is 4.71. The highest BCUT2D eigenvalue weighted by Crippen LogP contribution is 2.67. The topological polar surface area (TPSA) is 83.1 Å². The van der Waals surface area contributed by atoms with Crippen LogP contribution in [-0.4, -0.2) is 82.2 Å². The number of nitrogens with zero attached hydrogens (tertiary/aromatic N) is 3. The summed E-state index contributed by atoms with van der Waals surface area (Å²) < 4.78 is 28.7. The van der Waals surface area contributed by atoms with Gasteiger partial charge in [0.2, 0.25) is 0 Å². The van der Waals surface area contributed by atoms with Crippen LogP contribution in [0.1, 0.15) is 68.2 Å². The van der Waals surface area contributed by atoms with E-state index in [1.54, 1.807) is 7.11 Å². The Morgan fingerprint density at radius 3 is 1.74 bits per heavy atom. The number of nitrogens with one attached hydrogen (secondary N) is 1. The van der Waals surface area contributed by atoms with Crippen molar-refractivity contribution in [1.29, 1.82) is 0 Å². The third-order valence-electron chi connectivity index (χ3n) is 6.56. The van der Waals surface area contributed by atoms with Gasteiger partial charge in [0.05, 0.1) is 19.8 Å². The molecule has 3 rings (SSSR count). The molecular weight excluding hydrogens is 419 g/mol. The quantitative estimate of drug-likeness (QED) is 0.334. The lowest BCUT2D eigenvalue weighted by molar-refractivity contribution is -0.280. The van der Waals surface area contributed by atoms with Crippen LogP contribution in [0.3, 0.4) is 0 Å². The standard InChI is InChI=1S/C21H41N4O5P/c1-18(2)12-16(13-19(3,4)25(18)28-9)29-10-11-30-17(26)22-31(27,23-14-20(23,5)6)24-15-21(24,7)8/h16H,10-15H2,1-9H3,(H,22,26,27). The maximum atomic E-state index is 13.7. The van der Waals surface area contributed by atoms with Crippen molar-refractivity contribution in [2.24, 2.45) is 0 Å². The number of amides is 1. The van der Waals surface area contributed by atoms with E-state index in [4.69, 9.17) is 14.3 Å². The van der Waals surface area contributed by atoms with Crippen molar-refractivity contribution in [3.8, 4) is 0 Å². The molecule has 3 heterocycles. The lowest BCUT2D eigenvalue weighted by Gasteiger charge is -2.53. The molecule has 180 valence electrons. The van der Waals surface area contributed by atoms with Gasteiger partial charge in [-0.15, -0.1) is 0 Å². The van der Waals surface area contributed by atoms with Gasteiger partial charge in [0.1, 0.15) is 6.61 Å². The van der Waals surface area contributed by atoms with Crippen LogP contribution in [0, 0.1) is 0 Å². The highest BCUT2D eigenvalue weighted by atomic mass is 31.2. The van der Waals surface area contributed by atoms with Crippen molar-refractivity contribution in [2.45, 2.75) is 96.5 Å². The average molecular weight is 461 g/mol. The Balaban J connectivity index is 1.48. The molecule has 9 nitrogen and oxygen atoms in total. The van der Waals surface area contributed by atoms with Gasteiger partial charge in [-0.05, 0) is 68.2 Å². The zero-order valence-electron chi connectivity index (χ0n) is 20.7. The van der Waals surface area contributed by atoms with E-state index in [0.29, 0.717) is 19.7 Å². The Morgan fingerprint density at radius 1 is 0.903 bits per heavy atom. The van der Waals surface area contributed by atoms with E-state index in [1.807, 2.05) is 42.1 Å². The largest absolute Gasteiger partial charge is 0.447 e. The average Bonchev–Trinajstić information content (AvgIpc) is 3.44. The molecule has 2 atom stereocenters. The van der Waals surface area contributed by atoms with Crippen molar-refractivity contribution in [2.75, 3.05) is 33.4 Å². The van der Waals surface area contributed by atoms with Gasteiger partial charge in [0, 0.05) is 35.2 Å². The van der Waals surface area contributed by atoms with Gasteiger partial charge in [-0.1, -0.05) is 0 Å². The normalized spacial score (nSPS) is 32.7. The number of hydroxylamine groups is 2. The van der Waals surface area contributed by atoms with Gasteiger partial charge in [0.15, 0.2) is 0 Å². The fourth-order valence-electron chi connectivity index (χ4n) is 5.12. The summed E-state index contributed by atoms with van der Waals surface area (Å²) in [6, 6.07) is 0. The summed E-state index contributed by atoms with van der Waals surface area (Å²) in [7, 11) is -1.48. The number of hydrogen-bond acceptors (Lipinski definition) is 6. The van der Waals surface area contributed by atoms with Gasteiger partial charge in [0.25, 0.3) is 0 Å². The molecule has 0 radical (unpaired) electrons. The molecule has 3 saturated heterocycles. The third kappa shape index (κ3) is 5.12. The second kappa shape index (κ2) is 7.96. The van der Waals surface area contributed by atoms with E-state index in [-0.39, 0.29) is 34.9 Å². The summed E-state index contributed by atoms with van der Waals surface area (Å²) in [6.45, 7) is 18.4. The predicted octanol–water partition coefficient (Wildman–Crippen LogP) is 3.61. The first-order valence-electron chi connectivity index (χ1n) is 11.1. The maximum absolute atomic E-state index is 13.7. The van der Waals surface area contributed by atoms with Crippen LogP contribution in [-0.2, 0) is 18.9 Å². The Kier molecular flexibility index (Phi) is 6.40. The number of carbonyl (C=O) groups excluding carboxylic acids is 1. The minimum Gasteiger partial charge on any atom is -0.447 e. The van der Waals surface area contributed by atoms with Crippen LogP contribution >= 0.6 is 7.59 Å². The molecule has 3 aliphatic rings. The molecule has 31 heavy (non-hydrogen) atoms. The van der Waals surface area contributed by atoms with Crippen molar-refractivity contribution in [1.82, 2.24) is 19.5 Å². The Morgan fingerprint density at radius 2 is 1.35 bits per heavy atom. The van der Waals surface area contributed by atoms with Gasteiger partial charge in [-0.2, -0.15) is 5.06 Å². The summed E-state index contributed by atoms with van der Waals surface area (Å²) in [5.41, 5.74) is -0.686. The molecule has 0 bridgehead atoms.